The van der Waals surface area contributed by atoms with Gasteiger partial charge >= 0.3 is 5.97 Å². The van der Waals surface area contributed by atoms with E-state index < -0.39 is 5.92 Å². The van der Waals surface area contributed by atoms with Gasteiger partial charge in [0.1, 0.15) is 0 Å². The zero-order valence-corrected chi connectivity index (χ0v) is 10.2. The summed E-state index contributed by atoms with van der Waals surface area (Å²) in [6.45, 7) is 0.183. The van der Waals surface area contributed by atoms with Crippen LogP contribution in [0, 0.1) is 0 Å². The third-order valence-corrected chi connectivity index (χ3v) is 2.53. The second kappa shape index (κ2) is 6.10. The molecule has 0 aliphatic carbocycles. The zero-order chi connectivity index (χ0) is 12.8. The summed E-state index contributed by atoms with van der Waals surface area (Å²) in [6, 6.07) is 5.24. The molecule has 0 saturated carbocycles. The highest BCUT2D eigenvalue weighted by atomic mass is 16.5. The number of rotatable bonds is 5. The van der Waals surface area contributed by atoms with Crippen LogP contribution in [0.1, 0.15) is 11.5 Å². The molecule has 0 aromatic heterocycles. The summed E-state index contributed by atoms with van der Waals surface area (Å²) in [4.78, 5) is 11.5. The first-order chi connectivity index (χ1) is 8.17. The topological polar surface area (TPSA) is 70.8 Å². The lowest BCUT2D eigenvalue weighted by molar-refractivity contribution is -0.142. The average Bonchev–Trinajstić information content (AvgIpc) is 2.38. The van der Waals surface area contributed by atoms with Crippen molar-refractivity contribution in [3.05, 3.63) is 23.8 Å². The first kappa shape index (κ1) is 13.3. The molecule has 0 amide bonds. The minimum Gasteiger partial charge on any atom is -0.493 e. The normalized spacial score (nSPS) is 11.8. The van der Waals surface area contributed by atoms with Gasteiger partial charge in [-0.25, -0.2) is 0 Å². The SMILES string of the molecule is COC(=O)[C@H](CN)c1ccc(OC)c(OC)c1. The number of methoxy groups -OCH3 is 3. The first-order valence-electron chi connectivity index (χ1n) is 5.17. The Morgan fingerprint density at radius 2 is 1.88 bits per heavy atom. The first-order valence-corrected chi connectivity index (χ1v) is 5.17. The zero-order valence-electron chi connectivity index (χ0n) is 10.2. The summed E-state index contributed by atoms with van der Waals surface area (Å²) >= 11 is 0. The Hall–Kier alpha value is -1.75. The van der Waals surface area contributed by atoms with E-state index in [2.05, 4.69) is 0 Å². The molecule has 5 nitrogen and oxygen atoms in total. The molecule has 1 rings (SSSR count). The molecule has 2 N–H and O–H groups in total. The van der Waals surface area contributed by atoms with Crippen molar-refractivity contribution < 1.29 is 19.0 Å². The summed E-state index contributed by atoms with van der Waals surface area (Å²) < 4.78 is 15.0. The van der Waals surface area contributed by atoms with Crippen molar-refractivity contribution in [3.8, 4) is 11.5 Å². The number of hydrogen-bond donors (Lipinski definition) is 1. The van der Waals surface area contributed by atoms with Crippen LogP contribution in [0.15, 0.2) is 18.2 Å². The van der Waals surface area contributed by atoms with Gasteiger partial charge in [-0.1, -0.05) is 6.07 Å². The smallest absolute Gasteiger partial charge is 0.314 e. The van der Waals surface area contributed by atoms with Crippen molar-refractivity contribution in [1.82, 2.24) is 0 Å². The molecular weight excluding hydrogens is 222 g/mol. The fraction of sp³-hybridized carbons (Fsp3) is 0.417. The van der Waals surface area contributed by atoms with Gasteiger partial charge in [-0.2, -0.15) is 0 Å². The van der Waals surface area contributed by atoms with Gasteiger partial charge in [-0.15, -0.1) is 0 Å². The minimum atomic E-state index is -0.486. The third kappa shape index (κ3) is 2.88. The number of hydrogen-bond acceptors (Lipinski definition) is 5. The highest BCUT2D eigenvalue weighted by molar-refractivity contribution is 5.78. The van der Waals surface area contributed by atoms with Crippen LogP contribution in [0.4, 0.5) is 0 Å². The van der Waals surface area contributed by atoms with Gasteiger partial charge in [0.15, 0.2) is 11.5 Å². The van der Waals surface area contributed by atoms with E-state index >= 15 is 0 Å². The van der Waals surface area contributed by atoms with E-state index in [4.69, 9.17) is 19.9 Å². The largest absolute Gasteiger partial charge is 0.493 e. The van der Waals surface area contributed by atoms with E-state index in [0.29, 0.717) is 11.5 Å². The molecule has 0 aliphatic rings. The quantitative estimate of drug-likeness (QED) is 0.774. The predicted molar refractivity (Wildman–Crippen MR) is 63.4 cm³/mol. The van der Waals surface area contributed by atoms with E-state index in [9.17, 15) is 4.79 Å². The molecule has 1 atom stereocenters. The number of nitrogens with two attached hydrogens (primary N) is 1. The molecule has 5 heteroatoms. The van der Waals surface area contributed by atoms with Gasteiger partial charge in [0.25, 0.3) is 0 Å². The second-order valence-corrected chi connectivity index (χ2v) is 3.43. The summed E-state index contributed by atoms with van der Waals surface area (Å²) in [5.74, 6) is 0.323. The van der Waals surface area contributed by atoms with Crippen molar-refractivity contribution in [2.75, 3.05) is 27.9 Å². The van der Waals surface area contributed by atoms with Crippen molar-refractivity contribution in [3.63, 3.8) is 0 Å². The van der Waals surface area contributed by atoms with Crippen LogP contribution in [0.2, 0.25) is 0 Å². The molecular formula is C12H17NO4. The Labute approximate surface area is 100 Å². The fourth-order valence-corrected chi connectivity index (χ4v) is 1.58. The maximum atomic E-state index is 11.5. The van der Waals surface area contributed by atoms with Crippen LogP contribution in [0.3, 0.4) is 0 Å². The van der Waals surface area contributed by atoms with E-state index in [1.54, 1.807) is 25.3 Å². The molecule has 0 spiro atoms. The summed E-state index contributed by atoms with van der Waals surface area (Å²) in [5.41, 5.74) is 6.32. The van der Waals surface area contributed by atoms with Crippen LogP contribution < -0.4 is 15.2 Å². The molecule has 0 saturated heterocycles. The molecule has 17 heavy (non-hydrogen) atoms. The number of ether oxygens (including phenoxy) is 3. The molecule has 0 unspecified atom stereocenters. The summed E-state index contributed by atoms with van der Waals surface area (Å²) in [7, 11) is 4.43. The number of carbonyl (C=O) groups excluding carboxylic acids is 1. The maximum Gasteiger partial charge on any atom is 0.314 e. The maximum absolute atomic E-state index is 11.5. The third-order valence-electron chi connectivity index (χ3n) is 2.53. The van der Waals surface area contributed by atoms with Crippen molar-refractivity contribution in [2.24, 2.45) is 5.73 Å². The standard InChI is InChI=1S/C12H17NO4/c1-15-10-5-4-8(6-11(10)16-2)9(7-13)12(14)17-3/h4-6,9H,7,13H2,1-3H3/t9-/m1/s1. The molecule has 0 aliphatic heterocycles. The molecule has 0 fully saturated rings. The van der Waals surface area contributed by atoms with Gasteiger partial charge in [0.2, 0.25) is 0 Å². The van der Waals surface area contributed by atoms with Crippen LogP contribution in [0.5, 0.6) is 11.5 Å². The number of carbonyl (C=O) groups is 1. The Bertz CT molecular complexity index is 392. The molecule has 0 radical (unpaired) electrons. The van der Waals surface area contributed by atoms with Crippen molar-refractivity contribution >= 4 is 5.97 Å². The summed E-state index contributed by atoms with van der Waals surface area (Å²) in [6.07, 6.45) is 0. The van der Waals surface area contributed by atoms with E-state index in [1.165, 1.54) is 14.2 Å². The van der Waals surface area contributed by atoms with Gasteiger partial charge in [-0.05, 0) is 17.7 Å². The van der Waals surface area contributed by atoms with E-state index in [0.717, 1.165) is 5.56 Å². The highest BCUT2D eigenvalue weighted by Gasteiger charge is 2.21. The lowest BCUT2D eigenvalue weighted by Crippen LogP contribution is -2.22. The van der Waals surface area contributed by atoms with E-state index in [-0.39, 0.29) is 12.5 Å². The number of esters is 1. The van der Waals surface area contributed by atoms with Gasteiger partial charge in [-0.3, -0.25) is 4.79 Å². The Balaban J connectivity index is 3.09. The average molecular weight is 239 g/mol. The van der Waals surface area contributed by atoms with Crippen LogP contribution in [0.25, 0.3) is 0 Å². The van der Waals surface area contributed by atoms with Gasteiger partial charge in [0.05, 0.1) is 27.2 Å². The fourth-order valence-electron chi connectivity index (χ4n) is 1.58. The highest BCUT2D eigenvalue weighted by Crippen LogP contribution is 2.30. The second-order valence-electron chi connectivity index (χ2n) is 3.43. The molecule has 1 aromatic carbocycles. The molecule has 94 valence electrons. The molecule has 1 aromatic rings. The minimum absolute atomic E-state index is 0.183. The van der Waals surface area contributed by atoms with Crippen LogP contribution in [-0.4, -0.2) is 33.8 Å². The Morgan fingerprint density at radius 1 is 1.24 bits per heavy atom. The Kier molecular flexibility index (Phi) is 4.78. The summed E-state index contributed by atoms with van der Waals surface area (Å²) in [5, 5.41) is 0. The van der Waals surface area contributed by atoms with Crippen molar-refractivity contribution in [1.29, 1.82) is 0 Å². The lowest BCUT2D eigenvalue weighted by atomic mass is 9.99. The van der Waals surface area contributed by atoms with Crippen molar-refractivity contribution in [2.45, 2.75) is 5.92 Å². The lowest BCUT2D eigenvalue weighted by Gasteiger charge is -2.15. The van der Waals surface area contributed by atoms with Crippen LogP contribution >= 0.6 is 0 Å². The monoisotopic (exact) mass is 239 g/mol. The van der Waals surface area contributed by atoms with Gasteiger partial charge < -0.3 is 19.9 Å². The van der Waals surface area contributed by atoms with Gasteiger partial charge in [0, 0.05) is 6.54 Å². The molecule has 0 bridgehead atoms. The number of benzene rings is 1. The Morgan fingerprint density at radius 3 is 2.35 bits per heavy atom. The van der Waals surface area contributed by atoms with Crippen LogP contribution in [-0.2, 0) is 9.53 Å². The predicted octanol–water partition coefficient (Wildman–Crippen LogP) is 0.919. The molecule has 0 heterocycles. The van der Waals surface area contributed by atoms with E-state index in [1.807, 2.05) is 0 Å².